The highest BCUT2D eigenvalue weighted by Crippen LogP contribution is 2.43. The predicted molar refractivity (Wildman–Crippen MR) is 133 cm³/mol. The highest BCUT2D eigenvalue weighted by molar-refractivity contribution is 7.43. The molecule has 2 aromatic carbocycles. The van der Waals surface area contributed by atoms with E-state index in [2.05, 4.69) is 16.8 Å². The average molecular weight is 512 g/mol. The first-order chi connectivity index (χ1) is 17.0. The van der Waals surface area contributed by atoms with Gasteiger partial charge in [-0.25, -0.2) is 18.6 Å². The summed E-state index contributed by atoms with van der Waals surface area (Å²) in [7, 11) is -1.94. The SMILES string of the molecule is CO[P+](=O)C(C#Cc1c(C(C)C)nc(-c2ccccc2)c(F)c1-c1ccc(F)cc1)(C(=O)O)C(C)O. The Morgan fingerprint density at radius 2 is 1.67 bits per heavy atom. The van der Waals surface area contributed by atoms with Crippen LogP contribution in [-0.4, -0.2) is 39.5 Å². The molecule has 1 heterocycles. The maximum Gasteiger partial charge on any atom is 0.542 e. The fourth-order valence-corrected chi connectivity index (χ4v) is 4.61. The number of halogens is 2. The van der Waals surface area contributed by atoms with Crippen molar-refractivity contribution in [2.24, 2.45) is 0 Å². The highest BCUT2D eigenvalue weighted by atomic mass is 31.1. The van der Waals surface area contributed by atoms with Gasteiger partial charge in [-0.1, -0.05) is 62.2 Å². The van der Waals surface area contributed by atoms with E-state index < -0.39 is 36.9 Å². The number of carboxylic acid groups (broad SMARTS) is 1. The molecule has 1 aromatic heterocycles. The van der Waals surface area contributed by atoms with Gasteiger partial charge >= 0.3 is 19.2 Å². The van der Waals surface area contributed by atoms with Crippen molar-refractivity contribution in [3.8, 4) is 34.2 Å². The van der Waals surface area contributed by atoms with Crippen molar-refractivity contribution in [3.05, 3.63) is 77.5 Å². The van der Waals surface area contributed by atoms with Gasteiger partial charge < -0.3 is 10.2 Å². The first-order valence-corrected chi connectivity index (χ1v) is 12.2. The Kier molecular flexibility index (Phi) is 8.31. The monoisotopic (exact) mass is 512 g/mol. The van der Waals surface area contributed by atoms with Crippen molar-refractivity contribution in [1.82, 2.24) is 4.98 Å². The molecule has 0 aliphatic carbocycles. The summed E-state index contributed by atoms with van der Waals surface area (Å²) in [6.07, 6.45) is -1.69. The number of hydrogen-bond acceptors (Lipinski definition) is 5. The van der Waals surface area contributed by atoms with Crippen LogP contribution in [0.2, 0.25) is 0 Å². The van der Waals surface area contributed by atoms with E-state index in [1.54, 1.807) is 30.3 Å². The van der Waals surface area contributed by atoms with Crippen molar-refractivity contribution < 1.29 is 32.9 Å². The van der Waals surface area contributed by atoms with Crippen molar-refractivity contribution in [2.75, 3.05) is 7.11 Å². The van der Waals surface area contributed by atoms with Crippen LogP contribution in [0.5, 0.6) is 0 Å². The topological polar surface area (TPSA) is 96.7 Å². The fourth-order valence-electron chi connectivity index (χ4n) is 3.72. The van der Waals surface area contributed by atoms with E-state index in [0.717, 1.165) is 14.0 Å². The standard InChI is InChI=1S/C27H24F2NO5P/c1-16(2)24-21(14-15-27(17(3)31,26(32)33)36(34)35-4)22(18-10-12-20(28)13-11-18)23(29)25(30-24)19-8-6-5-7-9-19/h5-13,16-17,31H,1-4H3/p+1. The van der Waals surface area contributed by atoms with E-state index in [4.69, 9.17) is 4.52 Å². The molecule has 0 fully saturated rings. The molecule has 9 heteroatoms. The molecule has 186 valence electrons. The molecule has 3 rings (SSSR count). The van der Waals surface area contributed by atoms with Crippen LogP contribution in [0, 0.1) is 23.5 Å². The van der Waals surface area contributed by atoms with E-state index in [9.17, 15) is 24.0 Å². The Morgan fingerprint density at radius 3 is 2.17 bits per heavy atom. The molecule has 0 saturated carbocycles. The minimum atomic E-state index is -2.98. The largest absolute Gasteiger partial charge is 0.542 e. The third-order valence-electron chi connectivity index (χ3n) is 5.66. The summed E-state index contributed by atoms with van der Waals surface area (Å²) in [5, 5.41) is 17.7. The van der Waals surface area contributed by atoms with Crippen LogP contribution in [0.4, 0.5) is 8.78 Å². The molecule has 0 spiro atoms. The number of benzene rings is 2. The quantitative estimate of drug-likeness (QED) is 0.309. The second-order valence-electron chi connectivity index (χ2n) is 8.37. The van der Waals surface area contributed by atoms with Gasteiger partial charge in [0.1, 0.15) is 17.6 Å². The van der Waals surface area contributed by atoms with Crippen molar-refractivity contribution in [2.45, 2.75) is 37.9 Å². The summed E-state index contributed by atoms with van der Waals surface area (Å²) >= 11 is 0. The molecule has 0 aliphatic heterocycles. The summed E-state index contributed by atoms with van der Waals surface area (Å²) in [5.41, 5.74) is 1.21. The van der Waals surface area contributed by atoms with E-state index in [1.165, 1.54) is 24.3 Å². The van der Waals surface area contributed by atoms with E-state index in [0.29, 0.717) is 11.3 Å². The number of carbonyl (C=O) groups is 1. The predicted octanol–water partition coefficient (Wildman–Crippen LogP) is 5.76. The number of aromatic nitrogens is 1. The molecule has 3 atom stereocenters. The molecule has 6 nitrogen and oxygen atoms in total. The lowest BCUT2D eigenvalue weighted by Gasteiger charge is -2.18. The average Bonchev–Trinajstić information content (AvgIpc) is 2.85. The van der Waals surface area contributed by atoms with Crippen molar-refractivity contribution in [1.29, 1.82) is 0 Å². The third-order valence-corrected chi connectivity index (χ3v) is 7.24. The lowest BCUT2D eigenvalue weighted by atomic mass is 9.91. The van der Waals surface area contributed by atoms with Crippen LogP contribution >= 0.6 is 8.03 Å². The molecular weight excluding hydrogens is 487 g/mol. The van der Waals surface area contributed by atoms with E-state index in [-0.39, 0.29) is 28.3 Å². The van der Waals surface area contributed by atoms with Crippen LogP contribution in [-0.2, 0) is 13.9 Å². The van der Waals surface area contributed by atoms with Gasteiger partial charge in [0.2, 0.25) is 0 Å². The summed E-state index contributed by atoms with van der Waals surface area (Å²) in [4.78, 5) is 16.7. The number of rotatable bonds is 7. The van der Waals surface area contributed by atoms with Gasteiger partial charge in [0, 0.05) is 11.1 Å². The molecule has 0 amide bonds. The zero-order chi connectivity index (χ0) is 26.6. The number of carboxylic acids is 1. The van der Waals surface area contributed by atoms with Gasteiger partial charge in [0.25, 0.3) is 0 Å². The number of aliphatic hydroxyl groups excluding tert-OH is 1. The zero-order valence-corrected chi connectivity index (χ0v) is 21.0. The van der Waals surface area contributed by atoms with Crippen LogP contribution < -0.4 is 0 Å². The first-order valence-electron chi connectivity index (χ1n) is 11.0. The lowest BCUT2D eigenvalue weighted by Crippen LogP contribution is -2.44. The second kappa shape index (κ2) is 11.0. The summed E-state index contributed by atoms with van der Waals surface area (Å²) < 4.78 is 47.2. The fraction of sp³-hybridized carbons (Fsp3) is 0.259. The zero-order valence-electron chi connectivity index (χ0n) is 20.1. The molecule has 0 radical (unpaired) electrons. The first kappa shape index (κ1) is 27.1. The Balaban J connectivity index is 2.46. The van der Waals surface area contributed by atoms with Crippen molar-refractivity contribution in [3.63, 3.8) is 0 Å². The normalized spacial score (nSPS) is 13.9. The molecule has 2 N–H and O–H groups in total. The Labute approximate surface area is 208 Å². The molecule has 0 aliphatic rings. The van der Waals surface area contributed by atoms with Crippen LogP contribution in [0.25, 0.3) is 22.4 Å². The summed E-state index contributed by atoms with van der Waals surface area (Å²) in [5.74, 6) is 1.86. The Bertz CT molecular complexity index is 1350. The Hall–Kier alpha value is -3.50. The lowest BCUT2D eigenvalue weighted by molar-refractivity contribution is -0.141. The maximum atomic E-state index is 16.1. The second-order valence-corrected chi connectivity index (χ2v) is 9.96. The van der Waals surface area contributed by atoms with E-state index >= 15 is 4.39 Å². The maximum absolute atomic E-state index is 16.1. The van der Waals surface area contributed by atoms with E-state index in [1.807, 2.05) is 13.8 Å². The molecule has 0 bridgehead atoms. The number of pyridine rings is 1. The summed E-state index contributed by atoms with van der Waals surface area (Å²) in [6, 6.07) is 13.8. The van der Waals surface area contributed by atoms with Crippen LogP contribution in [0.3, 0.4) is 0 Å². The van der Waals surface area contributed by atoms with Crippen LogP contribution in [0.1, 0.15) is 37.9 Å². The van der Waals surface area contributed by atoms with Crippen LogP contribution in [0.15, 0.2) is 54.6 Å². The van der Waals surface area contributed by atoms with Gasteiger partial charge in [-0.3, -0.25) is 0 Å². The van der Waals surface area contributed by atoms with Gasteiger partial charge in [-0.2, -0.15) is 0 Å². The minimum Gasteiger partial charge on any atom is -0.477 e. The molecule has 0 saturated heterocycles. The molecular formula is C27H25F2NO5P+. The molecule has 3 unspecified atom stereocenters. The number of nitrogens with zero attached hydrogens (tertiary/aromatic N) is 1. The number of hydrogen-bond donors (Lipinski definition) is 2. The molecule has 3 aromatic rings. The molecule has 36 heavy (non-hydrogen) atoms. The highest BCUT2D eigenvalue weighted by Gasteiger charge is 2.62. The van der Waals surface area contributed by atoms with Gasteiger partial charge in [-0.15, -0.1) is 4.52 Å². The summed E-state index contributed by atoms with van der Waals surface area (Å²) in [6.45, 7) is 4.75. The van der Waals surface area contributed by atoms with Gasteiger partial charge in [0.15, 0.2) is 5.82 Å². The minimum absolute atomic E-state index is 0.0161. The van der Waals surface area contributed by atoms with Gasteiger partial charge in [0.05, 0.1) is 18.4 Å². The van der Waals surface area contributed by atoms with Crippen molar-refractivity contribution >= 4 is 14.0 Å². The Morgan fingerprint density at radius 1 is 1.06 bits per heavy atom. The van der Waals surface area contributed by atoms with Gasteiger partial charge in [-0.05, 0) is 41.0 Å². The number of aliphatic carboxylic acids is 1. The smallest absolute Gasteiger partial charge is 0.477 e. The third kappa shape index (κ3) is 5.05. The number of aliphatic hydroxyl groups is 1.